The van der Waals surface area contributed by atoms with Crippen molar-refractivity contribution in [3.05, 3.63) is 70.6 Å². The predicted octanol–water partition coefficient (Wildman–Crippen LogP) is 2.73. The molecule has 2 heterocycles. The number of nitriles is 1. The number of aromatic nitrogens is 2. The lowest BCUT2D eigenvalue weighted by atomic mass is 10.1. The number of halogens is 2. The van der Waals surface area contributed by atoms with Crippen LogP contribution in [-0.4, -0.2) is 39.7 Å². The van der Waals surface area contributed by atoms with Gasteiger partial charge in [-0.25, -0.2) is 9.07 Å². The van der Waals surface area contributed by atoms with Crippen LogP contribution in [0.25, 0.3) is 16.9 Å². The maximum atomic E-state index is 14.0. The summed E-state index contributed by atoms with van der Waals surface area (Å²) in [6.07, 6.45) is 0. The molecule has 0 radical (unpaired) electrons. The number of hydrogen-bond donors (Lipinski definition) is 1. The first-order chi connectivity index (χ1) is 13.9. The summed E-state index contributed by atoms with van der Waals surface area (Å²) >= 11 is 6.09. The van der Waals surface area contributed by atoms with Gasteiger partial charge in [0.2, 0.25) is 5.91 Å². The summed E-state index contributed by atoms with van der Waals surface area (Å²) in [4.78, 5) is 25.5. The Labute approximate surface area is 169 Å². The number of rotatable bonds is 3. The highest BCUT2D eigenvalue weighted by atomic mass is 35.5. The minimum absolute atomic E-state index is 0.0588. The second kappa shape index (κ2) is 7.37. The summed E-state index contributed by atoms with van der Waals surface area (Å²) in [7, 11) is 0. The first kappa shape index (κ1) is 18.7. The molecular formula is C20H13ClFN5O2. The highest BCUT2D eigenvalue weighted by molar-refractivity contribution is 6.30. The fraction of sp³-hybridized carbons (Fsp3) is 0.100. The maximum absolute atomic E-state index is 14.0. The van der Waals surface area contributed by atoms with Crippen molar-refractivity contribution in [1.29, 1.82) is 5.26 Å². The summed E-state index contributed by atoms with van der Waals surface area (Å²) in [5.74, 6) is -1.28. The molecule has 144 valence electrons. The van der Waals surface area contributed by atoms with Gasteiger partial charge in [-0.3, -0.25) is 9.59 Å². The van der Waals surface area contributed by atoms with E-state index in [0.29, 0.717) is 22.0 Å². The molecule has 0 unspecified atom stereocenters. The van der Waals surface area contributed by atoms with Crippen molar-refractivity contribution in [2.45, 2.75) is 0 Å². The Morgan fingerprint density at radius 2 is 2.07 bits per heavy atom. The quantitative estimate of drug-likeness (QED) is 0.720. The molecule has 0 saturated carbocycles. The van der Waals surface area contributed by atoms with Crippen LogP contribution in [0.3, 0.4) is 0 Å². The van der Waals surface area contributed by atoms with Crippen LogP contribution >= 0.6 is 11.6 Å². The first-order valence-corrected chi connectivity index (χ1v) is 8.95. The molecule has 2 amide bonds. The van der Waals surface area contributed by atoms with Crippen LogP contribution in [0.15, 0.2) is 48.5 Å². The first-order valence-electron chi connectivity index (χ1n) is 8.57. The molecule has 1 aliphatic rings. The molecule has 1 N–H and O–H groups in total. The molecule has 4 rings (SSSR count). The van der Waals surface area contributed by atoms with E-state index in [0.717, 1.165) is 6.07 Å². The molecule has 9 heteroatoms. The Bertz CT molecular complexity index is 1180. The molecule has 0 atom stereocenters. The highest BCUT2D eigenvalue weighted by Crippen LogP contribution is 2.27. The van der Waals surface area contributed by atoms with E-state index in [-0.39, 0.29) is 30.4 Å². The number of nitrogens with one attached hydrogen (secondary N) is 1. The normalized spacial score (nSPS) is 13.3. The van der Waals surface area contributed by atoms with Crippen molar-refractivity contribution in [2.75, 3.05) is 13.2 Å². The Morgan fingerprint density at radius 3 is 2.76 bits per heavy atom. The van der Waals surface area contributed by atoms with Crippen LogP contribution in [0, 0.1) is 17.1 Å². The molecule has 7 nitrogen and oxygen atoms in total. The minimum atomic E-state index is -0.583. The number of nitrogens with zero attached hydrogens (tertiary/aromatic N) is 4. The second-order valence-electron chi connectivity index (χ2n) is 6.41. The predicted molar refractivity (Wildman–Crippen MR) is 103 cm³/mol. The summed E-state index contributed by atoms with van der Waals surface area (Å²) in [5.41, 5.74) is 1.57. The lowest BCUT2D eigenvalue weighted by molar-refractivity contribution is -0.118. The van der Waals surface area contributed by atoms with Crippen LogP contribution < -0.4 is 5.32 Å². The van der Waals surface area contributed by atoms with E-state index in [9.17, 15) is 14.0 Å². The molecule has 0 bridgehead atoms. The average Bonchev–Trinajstić information content (AvgIpc) is 3.33. The Balaban J connectivity index is 1.86. The zero-order valence-electron chi connectivity index (χ0n) is 14.9. The number of amides is 2. The second-order valence-corrected chi connectivity index (χ2v) is 6.84. The van der Waals surface area contributed by atoms with E-state index in [1.54, 1.807) is 24.3 Å². The standard InChI is InChI=1S/C20H13ClFN5O2/c21-14-2-1-3-16(7-14)27-18(13-4-12(9-23)5-15(22)6-13)8-17(25-27)20(29)26-10-19(28)24-11-26/h1-8H,10-11H2,(H,24,28). The van der Waals surface area contributed by atoms with Gasteiger partial charge < -0.3 is 10.2 Å². The largest absolute Gasteiger partial charge is 0.337 e. The molecule has 1 aliphatic heterocycles. The van der Waals surface area contributed by atoms with Gasteiger partial charge in [0.25, 0.3) is 5.91 Å². The molecule has 1 saturated heterocycles. The van der Waals surface area contributed by atoms with Crippen LogP contribution in [0.5, 0.6) is 0 Å². The van der Waals surface area contributed by atoms with Gasteiger partial charge in [-0.15, -0.1) is 0 Å². The summed E-state index contributed by atoms with van der Waals surface area (Å²) in [6, 6.07) is 14.1. The van der Waals surface area contributed by atoms with Gasteiger partial charge in [-0.1, -0.05) is 17.7 Å². The number of benzene rings is 2. The third-order valence-electron chi connectivity index (χ3n) is 4.39. The third-order valence-corrected chi connectivity index (χ3v) is 4.63. The Hall–Kier alpha value is -3.70. The van der Waals surface area contributed by atoms with Crippen LogP contribution in [0.1, 0.15) is 16.1 Å². The van der Waals surface area contributed by atoms with E-state index in [4.69, 9.17) is 16.9 Å². The van der Waals surface area contributed by atoms with E-state index in [1.165, 1.54) is 27.8 Å². The minimum Gasteiger partial charge on any atom is -0.337 e. The molecule has 3 aromatic rings. The van der Waals surface area contributed by atoms with Crippen molar-refractivity contribution in [3.63, 3.8) is 0 Å². The lowest BCUT2D eigenvalue weighted by Gasteiger charge is -2.10. The number of carbonyl (C=O) groups excluding carboxylic acids is 2. The van der Waals surface area contributed by atoms with Gasteiger partial charge in [0.05, 0.1) is 29.7 Å². The van der Waals surface area contributed by atoms with Gasteiger partial charge in [0, 0.05) is 10.6 Å². The fourth-order valence-electron chi connectivity index (χ4n) is 3.07. The Morgan fingerprint density at radius 1 is 1.24 bits per heavy atom. The lowest BCUT2D eigenvalue weighted by Crippen LogP contribution is -2.30. The molecule has 2 aromatic carbocycles. The zero-order valence-corrected chi connectivity index (χ0v) is 15.7. The molecule has 29 heavy (non-hydrogen) atoms. The molecular weight excluding hydrogens is 397 g/mol. The Kier molecular flexibility index (Phi) is 4.74. The van der Waals surface area contributed by atoms with Gasteiger partial charge >= 0.3 is 0 Å². The van der Waals surface area contributed by atoms with Gasteiger partial charge in [-0.2, -0.15) is 10.4 Å². The maximum Gasteiger partial charge on any atom is 0.276 e. The molecule has 0 aliphatic carbocycles. The summed E-state index contributed by atoms with van der Waals surface area (Å²) < 4.78 is 15.5. The van der Waals surface area contributed by atoms with Crippen molar-refractivity contribution in [2.24, 2.45) is 0 Å². The van der Waals surface area contributed by atoms with Crippen LogP contribution in [0.4, 0.5) is 4.39 Å². The monoisotopic (exact) mass is 409 g/mol. The molecule has 0 spiro atoms. The highest BCUT2D eigenvalue weighted by Gasteiger charge is 2.27. The zero-order chi connectivity index (χ0) is 20.5. The van der Waals surface area contributed by atoms with Crippen LogP contribution in [-0.2, 0) is 4.79 Å². The van der Waals surface area contributed by atoms with Crippen molar-refractivity contribution >= 4 is 23.4 Å². The molecule has 1 fully saturated rings. The summed E-state index contributed by atoms with van der Waals surface area (Å²) in [6.45, 7) is 0.0340. The summed E-state index contributed by atoms with van der Waals surface area (Å²) in [5, 5.41) is 16.6. The topological polar surface area (TPSA) is 91.0 Å². The van der Waals surface area contributed by atoms with E-state index in [1.807, 2.05) is 6.07 Å². The number of carbonyl (C=O) groups is 2. The van der Waals surface area contributed by atoms with Gasteiger partial charge in [0.15, 0.2) is 5.69 Å². The molecule has 1 aromatic heterocycles. The van der Waals surface area contributed by atoms with Crippen LogP contribution in [0.2, 0.25) is 5.02 Å². The van der Waals surface area contributed by atoms with Crippen molar-refractivity contribution < 1.29 is 14.0 Å². The average molecular weight is 410 g/mol. The fourth-order valence-corrected chi connectivity index (χ4v) is 3.26. The van der Waals surface area contributed by atoms with Gasteiger partial charge in [-0.05, 0) is 42.5 Å². The SMILES string of the molecule is N#Cc1cc(F)cc(-c2cc(C(=O)N3CNC(=O)C3)nn2-c2cccc(Cl)c2)c1. The third kappa shape index (κ3) is 3.68. The van der Waals surface area contributed by atoms with Gasteiger partial charge in [0.1, 0.15) is 12.4 Å². The van der Waals surface area contributed by atoms with E-state index >= 15 is 0 Å². The van der Waals surface area contributed by atoms with E-state index in [2.05, 4.69) is 10.4 Å². The van der Waals surface area contributed by atoms with Crippen molar-refractivity contribution in [1.82, 2.24) is 20.0 Å². The van der Waals surface area contributed by atoms with Crippen molar-refractivity contribution in [3.8, 4) is 23.0 Å². The van der Waals surface area contributed by atoms with E-state index < -0.39 is 11.7 Å². The smallest absolute Gasteiger partial charge is 0.276 e. The number of hydrogen-bond acceptors (Lipinski definition) is 4.